The number of aromatic hydroxyl groups is 2. The number of aryl methyl sites for hydroxylation is 2. The molecule has 0 saturated carbocycles. The molecule has 0 unspecified atom stereocenters. The number of rotatable bonds is 7. The minimum atomic E-state index is -0.318. The topological polar surface area (TPSA) is 92.5 Å². The van der Waals surface area contributed by atoms with Gasteiger partial charge in [-0.05, 0) is 67.5 Å². The molecular weight excluding hydrogens is 348 g/mol. The highest BCUT2D eigenvalue weighted by atomic mass is 16.3. The first-order valence-electron chi connectivity index (χ1n) is 10.2. The van der Waals surface area contributed by atoms with Crippen LogP contribution in [0.3, 0.4) is 0 Å². The number of benzene rings is 2. The lowest BCUT2D eigenvalue weighted by Crippen LogP contribution is -2.27. The highest BCUT2D eigenvalue weighted by molar-refractivity contribution is 5.69. The third kappa shape index (κ3) is 3.78. The second kappa shape index (κ2) is 8.34. The molecule has 28 heavy (non-hydrogen) atoms. The third-order valence-electron chi connectivity index (χ3n) is 6.31. The molecule has 2 aromatic carbocycles. The number of phenolic OH excluding ortho intramolecular Hbond substituents is 2. The quantitative estimate of drug-likeness (QED) is 0.277. The van der Waals surface area contributed by atoms with E-state index < -0.39 is 0 Å². The molecular formula is C24H36N2O2. The smallest absolute Gasteiger partial charge is 0.141 e. The predicted molar refractivity (Wildman–Crippen MR) is 119 cm³/mol. The van der Waals surface area contributed by atoms with E-state index in [1.165, 1.54) is 19.3 Å². The van der Waals surface area contributed by atoms with Crippen LogP contribution in [0.25, 0.3) is 0 Å². The Morgan fingerprint density at radius 1 is 0.786 bits per heavy atom. The number of nitrogen functional groups attached to an aromatic ring is 2. The molecule has 0 amide bonds. The summed E-state index contributed by atoms with van der Waals surface area (Å²) in [5.74, 6) is 0.320. The monoisotopic (exact) mass is 384 g/mol. The van der Waals surface area contributed by atoms with Gasteiger partial charge in [-0.3, -0.25) is 0 Å². The molecule has 154 valence electrons. The van der Waals surface area contributed by atoms with Gasteiger partial charge in [0.05, 0.1) is 11.4 Å². The highest BCUT2D eigenvalue weighted by Crippen LogP contribution is 2.46. The van der Waals surface area contributed by atoms with Crippen molar-refractivity contribution in [1.82, 2.24) is 0 Å². The maximum Gasteiger partial charge on any atom is 0.141 e. The fraction of sp³-hybridized carbons (Fsp3) is 0.500. The van der Waals surface area contributed by atoms with Crippen molar-refractivity contribution in [2.45, 2.75) is 79.1 Å². The molecule has 0 spiro atoms. The van der Waals surface area contributed by atoms with Gasteiger partial charge in [-0.2, -0.15) is 0 Å². The minimum absolute atomic E-state index is 0.160. The molecule has 4 nitrogen and oxygen atoms in total. The van der Waals surface area contributed by atoms with Gasteiger partial charge in [0.2, 0.25) is 0 Å². The Morgan fingerprint density at radius 3 is 1.61 bits per heavy atom. The van der Waals surface area contributed by atoms with Crippen molar-refractivity contribution < 1.29 is 10.2 Å². The van der Waals surface area contributed by atoms with E-state index in [-0.39, 0.29) is 16.9 Å². The van der Waals surface area contributed by atoms with Crippen LogP contribution in [0, 0.1) is 27.7 Å². The van der Waals surface area contributed by atoms with Gasteiger partial charge in [-0.25, -0.2) is 0 Å². The van der Waals surface area contributed by atoms with Crippen molar-refractivity contribution in [3.8, 4) is 11.5 Å². The largest absolute Gasteiger partial charge is 0.506 e. The van der Waals surface area contributed by atoms with E-state index in [1.54, 1.807) is 0 Å². The molecule has 2 aromatic rings. The summed E-state index contributed by atoms with van der Waals surface area (Å²) in [6.07, 6.45) is 5.60. The van der Waals surface area contributed by atoms with E-state index in [1.807, 2.05) is 27.7 Å². The van der Waals surface area contributed by atoms with Gasteiger partial charge in [0.25, 0.3) is 0 Å². The van der Waals surface area contributed by atoms with Crippen molar-refractivity contribution in [3.63, 3.8) is 0 Å². The fourth-order valence-electron chi connectivity index (χ4n) is 4.32. The van der Waals surface area contributed by atoms with E-state index >= 15 is 0 Å². The van der Waals surface area contributed by atoms with Crippen molar-refractivity contribution >= 4 is 11.4 Å². The Hall–Kier alpha value is -2.36. The SMILES string of the molecule is CCCCCCC(C)(c1cc(C)c(O)c(N)c1C)c1cc(C)c(O)c(N)c1C. The van der Waals surface area contributed by atoms with Gasteiger partial charge in [0.15, 0.2) is 0 Å². The zero-order valence-electron chi connectivity index (χ0n) is 18.2. The second-order valence-electron chi connectivity index (χ2n) is 8.40. The first kappa shape index (κ1) is 21.9. The number of hydrogen-bond acceptors (Lipinski definition) is 4. The Kier molecular flexibility index (Phi) is 6.53. The Bertz CT molecular complexity index is 808. The maximum absolute atomic E-state index is 10.3. The van der Waals surface area contributed by atoms with E-state index in [9.17, 15) is 10.2 Å². The van der Waals surface area contributed by atoms with Crippen LogP contribution in [0.15, 0.2) is 12.1 Å². The zero-order valence-corrected chi connectivity index (χ0v) is 18.2. The summed E-state index contributed by atoms with van der Waals surface area (Å²) < 4.78 is 0. The molecule has 0 atom stereocenters. The fourth-order valence-corrected chi connectivity index (χ4v) is 4.32. The molecule has 0 aliphatic rings. The zero-order chi connectivity index (χ0) is 21.2. The van der Waals surface area contributed by atoms with Crippen molar-refractivity contribution in [2.24, 2.45) is 0 Å². The normalized spacial score (nSPS) is 11.8. The lowest BCUT2D eigenvalue weighted by atomic mass is 9.68. The van der Waals surface area contributed by atoms with Crippen LogP contribution in [0.1, 0.15) is 79.3 Å². The number of unbranched alkanes of at least 4 members (excludes halogenated alkanes) is 3. The lowest BCUT2D eigenvalue weighted by Gasteiger charge is -2.36. The average Bonchev–Trinajstić information content (AvgIpc) is 2.67. The molecule has 6 N–H and O–H groups in total. The molecule has 0 fully saturated rings. The summed E-state index contributed by atoms with van der Waals surface area (Å²) >= 11 is 0. The van der Waals surface area contributed by atoms with E-state index in [4.69, 9.17) is 11.5 Å². The maximum atomic E-state index is 10.3. The van der Waals surface area contributed by atoms with Crippen molar-refractivity contribution in [1.29, 1.82) is 0 Å². The number of anilines is 2. The summed E-state index contributed by atoms with van der Waals surface area (Å²) in [5.41, 5.74) is 18.6. The molecule has 0 saturated heterocycles. The molecule has 4 heteroatoms. The van der Waals surface area contributed by atoms with Gasteiger partial charge in [0.1, 0.15) is 11.5 Å². The molecule has 2 rings (SSSR count). The summed E-state index contributed by atoms with van der Waals surface area (Å²) in [5, 5.41) is 20.6. The third-order valence-corrected chi connectivity index (χ3v) is 6.31. The van der Waals surface area contributed by atoms with Crippen LogP contribution in [-0.4, -0.2) is 10.2 Å². The second-order valence-corrected chi connectivity index (χ2v) is 8.40. The molecule has 0 radical (unpaired) electrons. The van der Waals surface area contributed by atoms with Crippen LogP contribution in [-0.2, 0) is 5.41 Å². The lowest BCUT2D eigenvalue weighted by molar-refractivity contribution is 0.458. The summed E-state index contributed by atoms with van der Waals surface area (Å²) in [4.78, 5) is 0. The first-order chi connectivity index (χ1) is 13.1. The van der Waals surface area contributed by atoms with Crippen LogP contribution in [0.2, 0.25) is 0 Å². The average molecular weight is 385 g/mol. The summed E-state index contributed by atoms with van der Waals surface area (Å²) in [6, 6.07) is 4.11. The Morgan fingerprint density at radius 2 is 1.21 bits per heavy atom. The van der Waals surface area contributed by atoms with Crippen LogP contribution in [0.4, 0.5) is 11.4 Å². The number of phenols is 2. The number of nitrogens with two attached hydrogens (primary N) is 2. The first-order valence-corrected chi connectivity index (χ1v) is 10.2. The van der Waals surface area contributed by atoms with E-state index in [0.717, 1.165) is 46.2 Å². The van der Waals surface area contributed by atoms with Gasteiger partial charge in [-0.1, -0.05) is 51.7 Å². The van der Waals surface area contributed by atoms with Crippen LogP contribution >= 0.6 is 0 Å². The van der Waals surface area contributed by atoms with Gasteiger partial charge in [-0.15, -0.1) is 0 Å². The summed E-state index contributed by atoms with van der Waals surface area (Å²) in [7, 11) is 0. The van der Waals surface area contributed by atoms with Gasteiger partial charge < -0.3 is 21.7 Å². The molecule has 0 bridgehead atoms. The van der Waals surface area contributed by atoms with Gasteiger partial charge >= 0.3 is 0 Å². The van der Waals surface area contributed by atoms with Crippen LogP contribution < -0.4 is 11.5 Å². The standard InChI is InChI=1S/C24H36N2O2/c1-7-8-9-10-11-24(6,18-12-14(2)22(27)20(25)16(18)4)19-13-15(3)23(28)21(26)17(19)5/h12-13,27-28H,7-11,25-26H2,1-6H3. The van der Waals surface area contributed by atoms with Crippen LogP contribution in [0.5, 0.6) is 11.5 Å². The number of hydrogen-bond donors (Lipinski definition) is 4. The Labute approximate surface area is 169 Å². The van der Waals surface area contributed by atoms with Crippen molar-refractivity contribution in [3.05, 3.63) is 45.5 Å². The Balaban J connectivity index is 2.73. The highest BCUT2D eigenvalue weighted by Gasteiger charge is 2.34. The van der Waals surface area contributed by atoms with E-state index in [2.05, 4.69) is 26.0 Å². The molecule has 0 aromatic heterocycles. The summed E-state index contributed by atoms with van der Waals surface area (Å²) in [6.45, 7) is 12.2. The predicted octanol–water partition coefficient (Wildman–Crippen LogP) is 5.77. The van der Waals surface area contributed by atoms with Crippen molar-refractivity contribution in [2.75, 3.05) is 11.5 Å². The van der Waals surface area contributed by atoms with E-state index in [0.29, 0.717) is 11.4 Å². The molecule has 0 aliphatic heterocycles. The van der Waals surface area contributed by atoms with Gasteiger partial charge in [0, 0.05) is 5.41 Å². The molecule has 0 aliphatic carbocycles. The molecule has 0 heterocycles. The minimum Gasteiger partial charge on any atom is -0.506 e.